The highest BCUT2D eigenvalue weighted by atomic mass is 16.5. The smallest absolute Gasteiger partial charge is 0.161 e. The normalized spacial score (nSPS) is 15.0. The van der Waals surface area contributed by atoms with Gasteiger partial charge in [-0.05, 0) is 53.6 Å². The molecule has 0 saturated carbocycles. The third-order valence-corrected chi connectivity index (χ3v) is 5.52. The fourth-order valence-corrected chi connectivity index (χ4v) is 3.53. The predicted octanol–water partition coefficient (Wildman–Crippen LogP) is 4.49. The molecular formula is C25H34N2O3. The Hall–Kier alpha value is -2.66. The van der Waals surface area contributed by atoms with E-state index < -0.39 is 0 Å². The maximum atomic E-state index is 5.93. The molecule has 1 aliphatic heterocycles. The number of hydrogen-bond acceptors (Lipinski definition) is 5. The molecule has 1 fully saturated rings. The third-order valence-electron chi connectivity index (χ3n) is 5.52. The van der Waals surface area contributed by atoms with Crippen LogP contribution in [0.4, 0.5) is 0 Å². The van der Waals surface area contributed by atoms with Crippen LogP contribution >= 0.6 is 0 Å². The Balaban J connectivity index is 1.40. The Morgan fingerprint density at radius 2 is 1.60 bits per heavy atom. The summed E-state index contributed by atoms with van der Waals surface area (Å²) in [6, 6.07) is 14.4. The van der Waals surface area contributed by atoms with E-state index in [9.17, 15) is 0 Å². The molecule has 2 aromatic rings. The summed E-state index contributed by atoms with van der Waals surface area (Å²) < 4.78 is 16.6. The lowest BCUT2D eigenvalue weighted by molar-refractivity contribution is 0.145. The van der Waals surface area contributed by atoms with Crippen molar-refractivity contribution < 1.29 is 14.2 Å². The quantitative estimate of drug-likeness (QED) is 0.608. The number of piperazine rings is 1. The van der Waals surface area contributed by atoms with Gasteiger partial charge < -0.3 is 19.1 Å². The molecule has 0 bridgehead atoms. The molecular weight excluding hydrogens is 376 g/mol. The van der Waals surface area contributed by atoms with Crippen molar-refractivity contribution in [1.82, 2.24) is 9.80 Å². The summed E-state index contributed by atoms with van der Waals surface area (Å²) in [6.45, 7) is 10.2. The molecule has 0 N–H and O–H groups in total. The molecule has 0 amide bonds. The zero-order chi connectivity index (χ0) is 21.3. The minimum absolute atomic E-state index is 0.552. The maximum absolute atomic E-state index is 5.93. The van der Waals surface area contributed by atoms with Crippen molar-refractivity contribution in [3.8, 4) is 17.2 Å². The lowest BCUT2D eigenvalue weighted by atomic mass is 10.0. The van der Waals surface area contributed by atoms with Crippen LogP contribution < -0.4 is 14.2 Å². The summed E-state index contributed by atoms with van der Waals surface area (Å²) in [5, 5.41) is 0. The van der Waals surface area contributed by atoms with Crippen LogP contribution in [0.3, 0.4) is 0 Å². The van der Waals surface area contributed by atoms with E-state index in [-0.39, 0.29) is 0 Å². The molecule has 1 heterocycles. The molecule has 0 unspecified atom stereocenters. The Kier molecular flexibility index (Phi) is 8.03. The van der Waals surface area contributed by atoms with Crippen LogP contribution in [0, 0.1) is 0 Å². The number of methoxy groups -OCH3 is 2. The summed E-state index contributed by atoms with van der Waals surface area (Å²) in [4.78, 5) is 4.82. The summed E-state index contributed by atoms with van der Waals surface area (Å²) >= 11 is 0. The minimum Gasteiger partial charge on any atom is -0.493 e. The van der Waals surface area contributed by atoms with Gasteiger partial charge in [-0.3, -0.25) is 4.90 Å². The second-order valence-corrected chi connectivity index (χ2v) is 7.88. The maximum Gasteiger partial charge on any atom is 0.161 e. The third kappa shape index (κ3) is 6.17. The average molecular weight is 411 g/mol. The molecule has 2 aromatic carbocycles. The van der Waals surface area contributed by atoms with Crippen LogP contribution in [0.1, 0.15) is 30.9 Å². The Morgan fingerprint density at radius 3 is 2.23 bits per heavy atom. The van der Waals surface area contributed by atoms with Crippen molar-refractivity contribution in [2.75, 3.05) is 53.6 Å². The van der Waals surface area contributed by atoms with Crippen molar-refractivity contribution in [3.63, 3.8) is 0 Å². The summed E-state index contributed by atoms with van der Waals surface area (Å²) in [7, 11) is 3.31. The molecule has 30 heavy (non-hydrogen) atoms. The molecule has 0 radical (unpaired) electrons. The molecule has 5 nitrogen and oxygen atoms in total. The summed E-state index contributed by atoms with van der Waals surface area (Å²) in [5.74, 6) is 3.01. The highest BCUT2D eigenvalue weighted by Gasteiger charge is 2.14. The van der Waals surface area contributed by atoms with E-state index in [0.29, 0.717) is 5.92 Å². The number of ether oxygens (including phenoxy) is 3. The molecule has 1 saturated heterocycles. The average Bonchev–Trinajstić information content (AvgIpc) is 2.78. The molecule has 5 heteroatoms. The van der Waals surface area contributed by atoms with Gasteiger partial charge in [0.15, 0.2) is 11.5 Å². The molecule has 1 aliphatic rings. The molecule has 0 aromatic heterocycles. The van der Waals surface area contributed by atoms with Crippen molar-refractivity contribution in [2.24, 2.45) is 0 Å². The van der Waals surface area contributed by atoms with Gasteiger partial charge in [0.05, 0.1) is 14.2 Å². The molecule has 3 rings (SSSR count). The largest absolute Gasteiger partial charge is 0.493 e. The summed E-state index contributed by atoms with van der Waals surface area (Å²) in [6.07, 6.45) is 4.30. The first-order valence-corrected chi connectivity index (χ1v) is 10.7. The van der Waals surface area contributed by atoms with Gasteiger partial charge >= 0.3 is 0 Å². The van der Waals surface area contributed by atoms with Gasteiger partial charge in [0, 0.05) is 32.7 Å². The second kappa shape index (κ2) is 10.9. The van der Waals surface area contributed by atoms with Crippen molar-refractivity contribution >= 4 is 6.08 Å². The summed E-state index contributed by atoms with van der Waals surface area (Å²) in [5.41, 5.74) is 2.45. The minimum atomic E-state index is 0.552. The number of benzene rings is 2. The van der Waals surface area contributed by atoms with Gasteiger partial charge in [-0.2, -0.15) is 0 Å². The van der Waals surface area contributed by atoms with Crippen LogP contribution in [0.5, 0.6) is 17.2 Å². The van der Waals surface area contributed by atoms with E-state index in [2.05, 4.69) is 60.2 Å². The van der Waals surface area contributed by atoms with Crippen LogP contribution in [0.2, 0.25) is 0 Å². The SMILES string of the molecule is COc1ccc(C=CN2CCN(CCOc3ccc(C(C)C)cc3)CC2)cc1OC. The molecule has 0 spiro atoms. The monoisotopic (exact) mass is 410 g/mol. The van der Waals surface area contributed by atoms with E-state index in [1.807, 2.05) is 18.2 Å². The zero-order valence-corrected chi connectivity index (χ0v) is 18.6. The fraction of sp³-hybridized carbons (Fsp3) is 0.440. The van der Waals surface area contributed by atoms with Gasteiger partial charge in [0.25, 0.3) is 0 Å². The van der Waals surface area contributed by atoms with E-state index >= 15 is 0 Å². The van der Waals surface area contributed by atoms with E-state index in [1.165, 1.54) is 5.56 Å². The van der Waals surface area contributed by atoms with Crippen LogP contribution in [-0.2, 0) is 0 Å². The first-order chi connectivity index (χ1) is 14.6. The fourth-order valence-electron chi connectivity index (χ4n) is 3.53. The first-order valence-electron chi connectivity index (χ1n) is 10.7. The molecule has 162 valence electrons. The highest BCUT2D eigenvalue weighted by molar-refractivity contribution is 5.55. The van der Waals surface area contributed by atoms with E-state index in [0.717, 1.165) is 62.1 Å². The first kappa shape index (κ1) is 22.0. The topological polar surface area (TPSA) is 34.2 Å². The number of rotatable bonds is 9. The second-order valence-electron chi connectivity index (χ2n) is 7.88. The van der Waals surface area contributed by atoms with E-state index in [1.54, 1.807) is 14.2 Å². The van der Waals surface area contributed by atoms with Crippen molar-refractivity contribution in [3.05, 3.63) is 59.8 Å². The standard InChI is InChI=1S/C25H34N2O3/c1-20(2)22-6-8-23(9-7-22)30-18-17-27-15-13-26(14-16-27)12-11-21-5-10-24(28-3)25(19-21)29-4/h5-12,19-20H,13-18H2,1-4H3. The highest BCUT2D eigenvalue weighted by Crippen LogP contribution is 2.28. The van der Waals surface area contributed by atoms with Crippen molar-refractivity contribution in [1.29, 1.82) is 0 Å². The molecule has 0 aliphatic carbocycles. The number of nitrogens with zero attached hydrogens (tertiary/aromatic N) is 2. The predicted molar refractivity (Wildman–Crippen MR) is 123 cm³/mol. The van der Waals surface area contributed by atoms with Crippen LogP contribution in [0.25, 0.3) is 6.08 Å². The van der Waals surface area contributed by atoms with Gasteiger partial charge in [0.1, 0.15) is 12.4 Å². The Morgan fingerprint density at radius 1 is 0.900 bits per heavy atom. The van der Waals surface area contributed by atoms with Crippen LogP contribution in [-0.4, -0.2) is 63.4 Å². The lowest BCUT2D eigenvalue weighted by Crippen LogP contribution is -2.45. The molecule has 0 atom stereocenters. The van der Waals surface area contributed by atoms with Gasteiger partial charge in [-0.1, -0.05) is 32.0 Å². The Labute approximate surface area is 180 Å². The van der Waals surface area contributed by atoms with Gasteiger partial charge in [0.2, 0.25) is 0 Å². The zero-order valence-electron chi connectivity index (χ0n) is 18.6. The van der Waals surface area contributed by atoms with E-state index in [4.69, 9.17) is 14.2 Å². The lowest BCUT2D eigenvalue weighted by Gasteiger charge is -2.34. The van der Waals surface area contributed by atoms with Gasteiger partial charge in [-0.15, -0.1) is 0 Å². The number of hydrogen-bond donors (Lipinski definition) is 0. The van der Waals surface area contributed by atoms with Gasteiger partial charge in [-0.25, -0.2) is 0 Å². The Bertz CT molecular complexity index is 810. The van der Waals surface area contributed by atoms with Crippen LogP contribution in [0.15, 0.2) is 48.7 Å². The van der Waals surface area contributed by atoms with Crippen molar-refractivity contribution in [2.45, 2.75) is 19.8 Å².